The van der Waals surface area contributed by atoms with Crippen molar-refractivity contribution in [3.05, 3.63) is 45.6 Å². The van der Waals surface area contributed by atoms with Crippen molar-refractivity contribution in [2.45, 2.75) is 249 Å². The molecule has 9 rings (SSSR count). The molecule has 83 heavy (non-hydrogen) atoms. The third-order valence-electron chi connectivity index (χ3n) is 20.7. The molecule has 6 N–H and O–H groups in total. The van der Waals surface area contributed by atoms with E-state index in [1.165, 1.54) is 21.1 Å². The number of ketones is 1. The Balaban J connectivity index is 0.989. The Bertz CT molecular complexity index is 2420. The number of aliphatic hydroxyl groups excluding tert-OH is 5. The largest absolute Gasteiger partial charge is 0.455 e. The number of nitrogens with zero attached hydrogens (tertiary/aromatic N) is 1. The molecule has 0 radical (unpaired) electrons. The second-order valence-corrected chi connectivity index (χ2v) is 26.2. The van der Waals surface area contributed by atoms with Gasteiger partial charge in [0, 0.05) is 68.0 Å². The summed E-state index contributed by atoms with van der Waals surface area (Å²) < 4.78 is 68.0. The summed E-state index contributed by atoms with van der Waals surface area (Å²) in [7, 11) is 2.68. The molecule has 29 atom stereocenters. The zero-order valence-electron chi connectivity index (χ0n) is 50.1. The first-order chi connectivity index (χ1) is 39.2. The van der Waals surface area contributed by atoms with Gasteiger partial charge in [-0.3, -0.25) is 19.7 Å². The summed E-state index contributed by atoms with van der Waals surface area (Å²) in [6, 6.07) is -1.06. The number of esters is 1. The topological polar surface area (TPSA) is 309 Å². The van der Waals surface area contributed by atoms with E-state index in [4.69, 9.17) is 52.1 Å². The summed E-state index contributed by atoms with van der Waals surface area (Å²) in [6.07, 6.45) is -5.48. The van der Waals surface area contributed by atoms with Crippen molar-refractivity contribution in [1.82, 2.24) is 5.32 Å². The number of allylic oxidation sites excluding steroid dienone is 2. The van der Waals surface area contributed by atoms with Crippen LogP contribution in [0.15, 0.2) is 35.5 Å². The number of carbonyl (C=O) groups excluding carboxylic acids is 3. The van der Waals surface area contributed by atoms with Gasteiger partial charge in [0.2, 0.25) is 5.54 Å². The van der Waals surface area contributed by atoms with Crippen molar-refractivity contribution in [3.63, 3.8) is 0 Å². The Morgan fingerprint density at radius 3 is 2.04 bits per heavy atom. The van der Waals surface area contributed by atoms with Gasteiger partial charge in [-0.2, -0.15) is 0 Å². The number of nitro groups is 1. The van der Waals surface area contributed by atoms with Crippen LogP contribution in [0.3, 0.4) is 0 Å². The molecule has 0 aromatic heterocycles. The predicted octanol–water partition coefficient (Wildman–Crippen LogP) is 4.57. The molecule has 2 bridgehead atoms. The lowest BCUT2D eigenvalue weighted by atomic mass is 9.48. The minimum Gasteiger partial charge on any atom is -0.455 e. The summed E-state index contributed by atoms with van der Waals surface area (Å²) in [4.78, 5) is 55.6. The molecule has 23 nitrogen and oxygen atoms in total. The molecule has 5 saturated heterocycles. The van der Waals surface area contributed by atoms with Crippen molar-refractivity contribution in [2.24, 2.45) is 52.8 Å². The van der Waals surface area contributed by atoms with Gasteiger partial charge in [0.25, 0.3) is 0 Å². The van der Waals surface area contributed by atoms with E-state index in [-0.39, 0.29) is 62.9 Å². The van der Waals surface area contributed by atoms with E-state index in [1.54, 1.807) is 27.7 Å². The molecule has 2 saturated carbocycles. The van der Waals surface area contributed by atoms with E-state index in [0.717, 1.165) is 5.57 Å². The fourth-order valence-electron chi connectivity index (χ4n) is 16.3. The van der Waals surface area contributed by atoms with E-state index in [1.807, 2.05) is 39.0 Å². The lowest BCUT2D eigenvalue weighted by Gasteiger charge is -2.56. The number of alkyl carbamates (subject to hydrolysis) is 1. The van der Waals surface area contributed by atoms with Gasteiger partial charge in [0.05, 0.1) is 68.5 Å². The molecule has 468 valence electrons. The van der Waals surface area contributed by atoms with E-state index in [2.05, 4.69) is 25.2 Å². The SMILES string of the molecule is COC(=O)NC1C(C)O[C@@H](O[C@H]2C/C=C(\C)[C@@H]3C=C[C@@H]4[C@@H](O[C@@H]5C[C@@H](O[C@@H]6C[C@@H](O)[C@H](OC7C[C@@H](O)C(OC)C(C)O7)C(C)O6)[C@H](O)C(C)O5)[C@@H](C)C[C@H](C)[C@H]4[C@]3(C)C(=O)C3C(=O)OC4(CCC(CO)CC4C=C2C)[C@@H]3O)CC1(C)[N+](=O)[O-]. The van der Waals surface area contributed by atoms with Crippen LogP contribution in [-0.4, -0.2) is 191 Å². The van der Waals surface area contributed by atoms with Gasteiger partial charge in [0.15, 0.2) is 30.9 Å². The highest BCUT2D eigenvalue weighted by Crippen LogP contribution is 2.60. The van der Waals surface area contributed by atoms with Crippen molar-refractivity contribution >= 4 is 17.8 Å². The first-order valence-corrected chi connectivity index (χ1v) is 30.1. The molecule has 1 amide bonds. The first-order valence-electron chi connectivity index (χ1n) is 30.1. The number of nitrogens with one attached hydrogen (secondary N) is 1. The molecule has 7 fully saturated rings. The van der Waals surface area contributed by atoms with Crippen LogP contribution in [0.4, 0.5) is 4.79 Å². The smallest absolute Gasteiger partial charge is 0.407 e. The Morgan fingerprint density at radius 2 is 1.40 bits per heavy atom. The van der Waals surface area contributed by atoms with Crippen molar-refractivity contribution < 1.29 is 96.9 Å². The molecule has 12 unspecified atom stereocenters. The molecule has 9 aliphatic rings. The Hall–Kier alpha value is -3.53. The standard InChI is InChI=1S/C60H92N2O21/c1-27-13-16-41(79-46-25-58(9,62(71)72)53(34(8)78-46)61-57(70)74-12)28(2)20-36-21-35(26-63)17-18-60(36)55(68)47(56(69)83-60)54(67)59(10)38(27)15-14-37-48(59)29(3)19-30(4)50(37)81-45-24-42(49(66)31(5)75-45)80-43-23-40(65)52(33(7)77-43)82-44-22-39(64)51(73-11)32(6)76-44/h13-15,20,29-53,55,63-66,68H,16-19,21-26H2,1-12H3,(H,61,70)/b27-13+,28-20?/t29-,30-,31?,32?,33?,34?,35?,36?,37-,38-,39+,40+,41-,42+,43+,44?,45+,46-,47?,48+,49+,50-,51?,52+,53?,55+,58?,59+,60?/m0/s1. The Morgan fingerprint density at radius 1 is 0.771 bits per heavy atom. The number of methoxy groups -OCH3 is 2. The van der Waals surface area contributed by atoms with Gasteiger partial charge >= 0.3 is 12.1 Å². The van der Waals surface area contributed by atoms with Crippen LogP contribution in [0.1, 0.15) is 127 Å². The maximum absolute atomic E-state index is 16.1. The van der Waals surface area contributed by atoms with Gasteiger partial charge in [-0.05, 0) is 103 Å². The van der Waals surface area contributed by atoms with Crippen molar-refractivity contribution in [3.8, 4) is 0 Å². The molecule has 5 aliphatic heterocycles. The maximum atomic E-state index is 16.1. The van der Waals surface area contributed by atoms with Crippen LogP contribution in [0.5, 0.6) is 0 Å². The molecule has 0 aromatic rings. The average molecular weight is 1180 g/mol. The summed E-state index contributed by atoms with van der Waals surface area (Å²) in [5.41, 5.74) is -3.14. The first kappa shape index (κ1) is 64.0. The minimum absolute atomic E-state index is 0.0198. The van der Waals surface area contributed by atoms with Crippen LogP contribution in [-0.2, 0) is 61.7 Å². The van der Waals surface area contributed by atoms with Gasteiger partial charge < -0.3 is 83.0 Å². The molecule has 0 aromatic carbocycles. The van der Waals surface area contributed by atoms with Crippen LogP contribution in [0.2, 0.25) is 0 Å². The third-order valence-corrected chi connectivity index (χ3v) is 20.7. The van der Waals surface area contributed by atoms with Crippen LogP contribution < -0.4 is 5.32 Å². The Labute approximate surface area is 486 Å². The highest BCUT2D eigenvalue weighted by molar-refractivity contribution is 6.05. The minimum atomic E-state index is -1.73. The number of ether oxygens (including phenoxy) is 11. The average Bonchev–Trinajstić information content (AvgIpc) is 1.96. The van der Waals surface area contributed by atoms with E-state index < -0.39 is 179 Å². The van der Waals surface area contributed by atoms with E-state index in [0.29, 0.717) is 24.8 Å². The number of hydrogen-bond acceptors (Lipinski definition) is 21. The molecule has 4 aliphatic carbocycles. The third kappa shape index (κ3) is 12.1. The summed E-state index contributed by atoms with van der Waals surface area (Å²) >= 11 is 0. The fourth-order valence-corrected chi connectivity index (χ4v) is 16.3. The summed E-state index contributed by atoms with van der Waals surface area (Å²) in [6.45, 7) is 18.1. The highest BCUT2D eigenvalue weighted by Gasteiger charge is 2.68. The van der Waals surface area contributed by atoms with Gasteiger partial charge in [-0.25, -0.2) is 4.79 Å². The van der Waals surface area contributed by atoms with Crippen LogP contribution >= 0.6 is 0 Å². The van der Waals surface area contributed by atoms with Crippen LogP contribution in [0.25, 0.3) is 0 Å². The fraction of sp³-hybridized carbons (Fsp3) is 0.850. The lowest BCUT2D eigenvalue weighted by Crippen LogP contribution is -2.65. The summed E-state index contributed by atoms with van der Waals surface area (Å²) in [5, 5.41) is 72.4. The number of rotatable bonds is 12. The second-order valence-electron chi connectivity index (χ2n) is 26.2. The number of Topliss-reactive ketones (excluding diaryl/α,β-unsaturated/α-hetero) is 1. The van der Waals surface area contributed by atoms with Gasteiger partial charge in [-0.1, -0.05) is 50.6 Å². The van der Waals surface area contributed by atoms with Gasteiger partial charge in [-0.15, -0.1) is 0 Å². The number of hydrogen-bond donors (Lipinski definition) is 6. The van der Waals surface area contributed by atoms with E-state index >= 15 is 4.79 Å². The monoisotopic (exact) mass is 1180 g/mol. The van der Waals surface area contributed by atoms with Gasteiger partial charge in [0.1, 0.15) is 42.0 Å². The predicted molar refractivity (Wildman–Crippen MR) is 293 cm³/mol. The number of aliphatic hydroxyl groups is 5. The molecular formula is C60H92N2O21. The zero-order valence-corrected chi connectivity index (χ0v) is 50.1. The maximum Gasteiger partial charge on any atom is 0.407 e. The molecule has 5 heterocycles. The zero-order chi connectivity index (χ0) is 60.4. The highest BCUT2D eigenvalue weighted by atomic mass is 16.7. The quantitative estimate of drug-likeness (QED) is 0.0512. The molecule has 1 spiro atoms. The normalized spacial score (nSPS) is 50.1. The van der Waals surface area contributed by atoms with Crippen LogP contribution in [0, 0.1) is 62.9 Å². The van der Waals surface area contributed by atoms with Crippen molar-refractivity contribution in [2.75, 3.05) is 20.8 Å². The molecular weight excluding hydrogens is 1080 g/mol. The molecule has 23 heteroatoms. The number of carbonyl (C=O) groups is 3. The second kappa shape index (κ2) is 25.3. The van der Waals surface area contributed by atoms with Crippen molar-refractivity contribution in [1.29, 1.82) is 0 Å². The number of fused-ring (bicyclic) bond motifs is 4. The number of amides is 1. The Kier molecular flexibility index (Phi) is 19.5. The summed E-state index contributed by atoms with van der Waals surface area (Å²) in [5.74, 6) is -5.30. The van der Waals surface area contributed by atoms with E-state index in [9.17, 15) is 45.2 Å². The lowest BCUT2D eigenvalue weighted by molar-refractivity contribution is -0.584.